The fraction of sp³-hybridized carbons (Fsp3) is 0.500. The van der Waals surface area contributed by atoms with Gasteiger partial charge in [0.15, 0.2) is 0 Å². The zero-order valence-corrected chi connectivity index (χ0v) is 9.12. The number of aliphatic hydroxyl groups excluding tert-OH is 1. The van der Waals surface area contributed by atoms with Crippen LogP contribution in [0.25, 0.3) is 0 Å². The van der Waals surface area contributed by atoms with Crippen molar-refractivity contribution in [1.29, 1.82) is 0 Å². The van der Waals surface area contributed by atoms with E-state index in [1.807, 2.05) is 45.0 Å². The average Bonchev–Trinajstić information content (AvgIpc) is 2.01. The molecule has 3 N–H and O–H groups in total. The number of rotatable bonds is 3. The van der Waals surface area contributed by atoms with Crippen molar-refractivity contribution in [2.24, 2.45) is 5.73 Å². The quantitative estimate of drug-likeness (QED) is 0.772. The molecule has 0 aliphatic rings. The van der Waals surface area contributed by atoms with Crippen molar-refractivity contribution < 1.29 is 5.11 Å². The summed E-state index contributed by atoms with van der Waals surface area (Å²) in [6, 6.07) is 7.86. The lowest BCUT2D eigenvalue weighted by Crippen LogP contribution is -2.33. The third kappa shape index (κ3) is 3.13. The zero-order chi connectivity index (χ0) is 10.8. The second-order valence-electron chi connectivity index (χ2n) is 4.57. The summed E-state index contributed by atoms with van der Waals surface area (Å²) in [5.74, 6) is 0. The summed E-state index contributed by atoms with van der Waals surface area (Å²) in [4.78, 5) is 0. The van der Waals surface area contributed by atoms with E-state index in [4.69, 9.17) is 5.73 Å². The molecular weight excluding hydrogens is 174 g/mol. The van der Waals surface area contributed by atoms with Gasteiger partial charge in [0.05, 0.1) is 6.10 Å². The van der Waals surface area contributed by atoms with E-state index in [2.05, 4.69) is 0 Å². The largest absolute Gasteiger partial charge is 0.388 e. The van der Waals surface area contributed by atoms with Gasteiger partial charge in [-0.2, -0.15) is 0 Å². The number of benzene rings is 1. The normalized spacial score (nSPS) is 14.1. The van der Waals surface area contributed by atoms with Gasteiger partial charge in [-0.25, -0.2) is 0 Å². The van der Waals surface area contributed by atoms with Crippen LogP contribution in [0.4, 0.5) is 0 Å². The van der Waals surface area contributed by atoms with Gasteiger partial charge in [-0.1, -0.05) is 24.3 Å². The van der Waals surface area contributed by atoms with Crippen LogP contribution in [0, 0.1) is 6.92 Å². The Morgan fingerprint density at radius 1 is 1.36 bits per heavy atom. The van der Waals surface area contributed by atoms with Crippen molar-refractivity contribution in [3.05, 3.63) is 35.4 Å². The van der Waals surface area contributed by atoms with Crippen molar-refractivity contribution in [2.45, 2.75) is 38.8 Å². The molecule has 78 valence electrons. The zero-order valence-electron chi connectivity index (χ0n) is 9.12. The van der Waals surface area contributed by atoms with Crippen LogP contribution in [-0.2, 0) is 0 Å². The molecule has 0 aromatic heterocycles. The van der Waals surface area contributed by atoms with Crippen LogP contribution >= 0.6 is 0 Å². The number of aliphatic hydroxyl groups is 1. The van der Waals surface area contributed by atoms with E-state index in [-0.39, 0.29) is 5.54 Å². The molecule has 2 heteroatoms. The van der Waals surface area contributed by atoms with E-state index in [0.717, 1.165) is 11.1 Å². The van der Waals surface area contributed by atoms with Crippen LogP contribution in [0.15, 0.2) is 24.3 Å². The van der Waals surface area contributed by atoms with Gasteiger partial charge in [0.2, 0.25) is 0 Å². The van der Waals surface area contributed by atoms with E-state index >= 15 is 0 Å². The van der Waals surface area contributed by atoms with E-state index < -0.39 is 6.10 Å². The van der Waals surface area contributed by atoms with Gasteiger partial charge in [0, 0.05) is 5.54 Å². The van der Waals surface area contributed by atoms with E-state index in [0.29, 0.717) is 6.42 Å². The molecule has 0 saturated heterocycles. The minimum Gasteiger partial charge on any atom is -0.388 e. The molecule has 0 amide bonds. The van der Waals surface area contributed by atoms with Crippen LogP contribution in [-0.4, -0.2) is 10.6 Å². The van der Waals surface area contributed by atoms with Gasteiger partial charge in [-0.15, -0.1) is 0 Å². The summed E-state index contributed by atoms with van der Waals surface area (Å²) in [6.45, 7) is 5.85. The van der Waals surface area contributed by atoms with E-state index in [1.54, 1.807) is 0 Å². The van der Waals surface area contributed by atoms with Gasteiger partial charge >= 0.3 is 0 Å². The number of nitrogens with two attached hydrogens (primary N) is 1. The summed E-state index contributed by atoms with van der Waals surface area (Å²) >= 11 is 0. The second-order valence-corrected chi connectivity index (χ2v) is 4.57. The topological polar surface area (TPSA) is 46.2 Å². The van der Waals surface area contributed by atoms with Crippen molar-refractivity contribution in [3.8, 4) is 0 Å². The molecule has 1 rings (SSSR count). The molecule has 2 nitrogen and oxygen atoms in total. The van der Waals surface area contributed by atoms with Gasteiger partial charge in [0.25, 0.3) is 0 Å². The predicted molar refractivity (Wildman–Crippen MR) is 59.0 cm³/mol. The predicted octanol–water partition coefficient (Wildman–Crippen LogP) is 2.16. The first-order valence-electron chi connectivity index (χ1n) is 4.92. The molecule has 0 heterocycles. The van der Waals surface area contributed by atoms with Gasteiger partial charge in [-0.3, -0.25) is 0 Å². The van der Waals surface area contributed by atoms with Gasteiger partial charge in [-0.05, 0) is 38.3 Å². The molecule has 0 spiro atoms. The van der Waals surface area contributed by atoms with Crippen molar-refractivity contribution >= 4 is 0 Å². The molecule has 1 atom stereocenters. The summed E-state index contributed by atoms with van der Waals surface area (Å²) in [5, 5.41) is 9.96. The Labute approximate surface area is 85.8 Å². The molecular formula is C12H19NO. The highest BCUT2D eigenvalue weighted by Gasteiger charge is 2.19. The fourth-order valence-electron chi connectivity index (χ4n) is 1.57. The maximum atomic E-state index is 9.96. The summed E-state index contributed by atoms with van der Waals surface area (Å²) in [7, 11) is 0. The molecule has 1 unspecified atom stereocenters. The van der Waals surface area contributed by atoms with Crippen LogP contribution in [0.2, 0.25) is 0 Å². The highest BCUT2D eigenvalue weighted by Crippen LogP contribution is 2.24. The third-order valence-electron chi connectivity index (χ3n) is 2.27. The lowest BCUT2D eigenvalue weighted by atomic mass is 9.92. The molecule has 14 heavy (non-hydrogen) atoms. The number of aryl methyl sites for hydroxylation is 1. The lowest BCUT2D eigenvalue weighted by molar-refractivity contribution is 0.141. The maximum absolute atomic E-state index is 9.96. The molecule has 0 aliphatic heterocycles. The molecule has 0 saturated carbocycles. The maximum Gasteiger partial charge on any atom is 0.0809 e. The van der Waals surface area contributed by atoms with Crippen LogP contribution in [0.3, 0.4) is 0 Å². The summed E-state index contributed by atoms with van der Waals surface area (Å²) < 4.78 is 0. The highest BCUT2D eigenvalue weighted by molar-refractivity contribution is 5.27. The first-order chi connectivity index (χ1) is 6.40. The number of hydrogen-bond donors (Lipinski definition) is 2. The first-order valence-corrected chi connectivity index (χ1v) is 4.92. The average molecular weight is 193 g/mol. The Hall–Kier alpha value is -0.860. The molecule has 1 aromatic carbocycles. The van der Waals surface area contributed by atoms with Crippen molar-refractivity contribution in [2.75, 3.05) is 0 Å². The van der Waals surface area contributed by atoms with Crippen LogP contribution in [0.1, 0.15) is 37.5 Å². The minimum absolute atomic E-state index is 0.332. The Balaban J connectivity index is 2.80. The van der Waals surface area contributed by atoms with Crippen LogP contribution < -0.4 is 5.73 Å². The van der Waals surface area contributed by atoms with Crippen molar-refractivity contribution in [1.82, 2.24) is 0 Å². The minimum atomic E-state index is -0.462. The summed E-state index contributed by atoms with van der Waals surface area (Å²) in [6.07, 6.45) is 0.119. The monoisotopic (exact) mass is 193 g/mol. The smallest absolute Gasteiger partial charge is 0.0809 e. The Morgan fingerprint density at radius 3 is 2.43 bits per heavy atom. The Bertz CT molecular complexity index is 301. The van der Waals surface area contributed by atoms with Crippen LogP contribution in [0.5, 0.6) is 0 Å². The fourth-order valence-corrected chi connectivity index (χ4v) is 1.57. The van der Waals surface area contributed by atoms with Crippen molar-refractivity contribution in [3.63, 3.8) is 0 Å². The molecule has 0 radical (unpaired) electrons. The first kappa shape index (κ1) is 11.2. The standard InChI is InChI=1S/C12H19NO/c1-9-6-4-5-7-10(9)11(14)8-12(2,3)13/h4-7,11,14H,8,13H2,1-3H3. The SMILES string of the molecule is Cc1ccccc1C(O)CC(C)(C)N. The summed E-state index contributed by atoms with van der Waals surface area (Å²) in [5.41, 5.74) is 7.62. The highest BCUT2D eigenvalue weighted by atomic mass is 16.3. The van der Waals surface area contributed by atoms with Gasteiger partial charge in [0.1, 0.15) is 0 Å². The molecule has 0 fully saturated rings. The Morgan fingerprint density at radius 2 is 1.93 bits per heavy atom. The van der Waals surface area contributed by atoms with Gasteiger partial charge < -0.3 is 10.8 Å². The van der Waals surface area contributed by atoms with E-state index in [9.17, 15) is 5.11 Å². The molecule has 1 aromatic rings. The Kier molecular flexibility index (Phi) is 3.29. The molecule has 0 bridgehead atoms. The molecule has 0 aliphatic carbocycles. The third-order valence-corrected chi connectivity index (χ3v) is 2.27. The van der Waals surface area contributed by atoms with E-state index in [1.165, 1.54) is 0 Å². The number of hydrogen-bond acceptors (Lipinski definition) is 2. The second kappa shape index (κ2) is 4.11. The lowest BCUT2D eigenvalue weighted by Gasteiger charge is -2.23.